The Morgan fingerprint density at radius 2 is 1.76 bits per heavy atom. The van der Waals surface area contributed by atoms with Gasteiger partial charge in [0.25, 0.3) is 5.91 Å². The molecule has 0 radical (unpaired) electrons. The van der Waals surface area contributed by atoms with E-state index in [9.17, 15) is 9.59 Å². The number of hydrogen-bond donors (Lipinski definition) is 3. The first-order valence-corrected chi connectivity index (χ1v) is 10.0. The summed E-state index contributed by atoms with van der Waals surface area (Å²) in [4.78, 5) is 23.2. The fraction of sp³-hybridized carbons (Fsp3) is 0.333. The maximum atomic E-state index is 12.2. The van der Waals surface area contributed by atoms with E-state index in [0.717, 1.165) is 31.2 Å². The third-order valence-electron chi connectivity index (χ3n) is 4.52. The number of benzene rings is 2. The van der Waals surface area contributed by atoms with Gasteiger partial charge in [-0.25, -0.2) is 5.48 Å². The van der Waals surface area contributed by atoms with Crippen molar-refractivity contribution in [2.24, 2.45) is 0 Å². The van der Waals surface area contributed by atoms with Crippen LogP contribution in [0.25, 0.3) is 11.1 Å². The molecule has 0 fully saturated rings. The molecule has 152 valence electrons. The number of unbranched alkanes of at least 4 members (excludes halogenated alkanes) is 1. The summed E-state index contributed by atoms with van der Waals surface area (Å²) in [7, 11) is 0. The Kier molecular flexibility index (Phi) is 9.47. The smallest absolute Gasteiger partial charge is 0.251 e. The lowest BCUT2D eigenvalue weighted by Gasteiger charge is -2.10. The molecule has 0 saturated heterocycles. The number of rotatable bonds is 9. The van der Waals surface area contributed by atoms with E-state index in [-0.39, 0.29) is 12.3 Å². The lowest BCUT2D eigenvalue weighted by atomic mass is 9.95. The van der Waals surface area contributed by atoms with Crippen LogP contribution >= 0.6 is 0 Å². The first-order chi connectivity index (χ1) is 14.2. The van der Waals surface area contributed by atoms with Crippen LogP contribution in [0.4, 0.5) is 0 Å². The predicted octanol–water partition coefficient (Wildman–Crippen LogP) is 4.11. The topological polar surface area (TPSA) is 78.4 Å². The average Bonchev–Trinajstić information content (AvgIpc) is 2.76. The van der Waals surface area contributed by atoms with Gasteiger partial charge in [0, 0.05) is 31.4 Å². The fourth-order valence-electron chi connectivity index (χ4n) is 3.01. The van der Waals surface area contributed by atoms with Gasteiger partial charge in [-0.1, -0.05) is 43.3 Å². The normalized spacial score (nSPS) is 10.0. The summed E-state index contributed by atoms with van der Waals surface area (Å²) < 4.78 is 0. The van der Waals surface area contributed by atoms with Gasteiger partial charge in [-0.2, -0.15) is 0 Å². The second-order valence-corrected chi connectivity index (χ2v) is 6.69. The molecule has 0 aromatic heterocycles. The zero-order chi connectivity index (χ0) is 20.9. The SMILES string of the molecule is CCC#CCCCc1ccccc1-c1ccc(C(=O)NCCCC(=O)NO)cc1. The summed E-state index contributed by atoms with van der Waals surface area (Å²) in [5, 5.41) is 11.2. The highest BCUT2D eigenvalue weighted by molar-refractivity contribution is 5.94. The van der Waals surface area contributed by atoms with Gasteiger partial charge in [0.2, 0.25) is 5.91 Å². The lowest BCUT2D eigenvalue weighted by molar-refractivity contribution is -0.129. The van der Waals surface area contributed by atoms with Crippen molar-refractivity contribution in [3.63, 3.8) is 0 Å². The minimum Gasteiger partial charge on any atom is -0.352 e. The van der Waals surface area contributed by atoms with Crippen LogP contribution in [0.2, 0.25) is 0 Å². The summed E-state index contributed by atoms with van der Waals surface area (Å²) in [5.74, 6) is 5.66. The second kappa shape index (κ2) is 12.4. The maximum absolute atomic E-state index is 12.2. The Morgan fingerprint density at radius 1 is 1.00 bits per heavy atom. The van der Waals surface area contributed by atoms with Crippen LogP contribution in [0.5, 0.6) is 0 Å². The Bertz CT molecular complexity index is 864. The minimum absolute atomic E-state index is 0.163. The monoisotopic (exact) mass is 392 g/mol. The van der Waals surface area contributed by atoms with Crippen LogP contribution < -0.4 is 10.8 Å². The van der Waals surface area contributed by atoms with E-state index >= 15 is 0 Å². The molecule has 2 rings (SSSR count). The molecule has 0 spiro atoms. The van der Waals surface area contributed by atoms with Gasteiger partial charge in [-0.15, -0.1) is 11.8 Å². The maximum Gasteiger partial charge on any atom is 0.251 e. The zero-order valence-corrected chi connectivity index (χ0v) is 16.8. The molecule has 0 saturated carbocycles. The highest BCUT2D eigenvalue weighted by Gasteiger charge is 2.08. The molecule has 0 aliphatic carbocycles. The number of nitrogens with one attached hydrogen (secondary N) is 2. The quantitative estimate of drug-likeness (QED) is 0.260. The Hall–Kier alpha value is -3.10. The van der Waals surface area contributed by atoms with Gasteiger partial charge in [0.05, 0.1) is 0 Å². The van der Waals surface area contributed by atoms with E-state index in [2.05, 4.69) is 42.3 Å². The van der Waals surface area contributed by atoms with E-state index in [0.29, 0.717) is 18.5 Å². The van der Waals surface area contributed by atoms with Crippen LogP contribution in [0.1, 0.15) is 54.9 Å². The molecule has 5 heteroatoms. The average molecular weight is 392 g/mol. The summed E-state index contributed by atoms with van der Waals surface area (Å²) in [5.41, 5.74) is 5.69. The molecular formula is C24H28N2O3. The van der Waals surface area contributed by atoms with Crippen molar-refractivity contribution in [2.75, 3.05) is 6.54 Å². The molecule has 0 bridgehead atoms. The minimum atomic E-state index is -0.459. The molecule has 2 aromatic rings. The molecule has 0 aliphatic rings. The van der Waals surface area contributed by atoms with E-state index in [1.165, 1.54) is 11.1 Å². The standard InChI is InChI=1S/C24H28N2O3/c1-2-3-4-5-6-10-19-11-7-8-12-22(19)20-14-16-21(17-15-20)24(28)25-18-9-13-23(27)26-29/h7-8,11-12,14-17,29H,2,5-6,9-10,13,18H2,1H3,(H,25,28)(H,26,27). The van der Waals surface area contributed by atoms with Crippen molar-refractivity contribution < 1.29 is 14.8 Å². The molecule has 29 heavy (non-hydrogen) atoms. The van der Waals surface area contributed by atoms with E-state index in [1.54, 1.807) is 5.48 Å². The molecule has 0 atom stereocenters. The number of hydrogen-bond acceptors (Lipinski definition) is 3. The number of carbonyl (C=O) groups is 2. The van der Waals surface area contributed by atoms with Crippen molar-refractivity contribution in [2.45, 2.75) is 45.4 Å². The van der Waals surface area contributed by atoms with Crippen LogP contribution in [0.15, 0.2) is 48.5 Å². The number of carbonyl (C=O) groups excluding carboxylic acids is 2. The Morgan fingerprint density at radius 3 is 2.48 bits per heavy atom. The molecular weight excluding hydrogens is 364 g/mol. The van der Waals surface area contributed by atoms with Crippen LogP contribution in [0, 0.1) is 11.8 Å². The molecule has 3 N–H and O–H groups in total. The molecule has 2 amide bonds. The van der Waals surface area contributed by atoms with Gasteiger partial charge < -0.3 is 5.32 Å². The highest BCUT2D eigenvalue weighted by atomic mass is 16.5. The second-order valence-electron chi connectivity index (χ2n) is 6.69. The van der Waals surface area contributed by atoms with E-state index in [1.807, 2.05) is 30.3 Å². The van der Waals surface area contributed by atoms with Gasteiger partial charge in [0.1, 0.15) is 0 Å². The summed E-state index contributed by atoms with van der Waals surface area (Å²) in [6.45, 7) is 2.43. The van der Waals surface area contributed by atoms with E-state index < -0.39 is 5.91 Å². The lowest BCUT2D eigenvalue weighted by Crippen LogP contribution is -2.26. The predicted molar refractivity (Wildman–Crippen MR) is 114 cm³/mol. The summed E-state index contributed by atoms with van der Waals surface area (Å²) in [6, 6.07) is 15.9. The van der Waals surface area contributed by atoms with Crippen molar-refractivity contribution in [3.8, 4) is 23.0 Å². The van der Waals surface area contributed by atoms with Crippen molar-refractivity contribution in [1.82, 2.24) is 10.8 Å². The molecule has 5 nitrogen and oxygen atoms in total. The van der Waals surface area contributed by atoms with Crippen molar-refractivity contribution >= 4 is 11.8 Å². The van der Waals surface area contributed by atoms with Gasteiger partial charge >= 0.3 is 0 Å². The zero-order valence-electron chi connectivity index (χ0n) is 16.8. The van der Waals surface area contributed by atoms with Crippen molar-refractivity contribution in [1.29, 1.82) is 0 Å². The molecule has 0 unspecified atom stereocenters. The highest BCUT2D eigenvalue weighted by Crippen LogP contribution is 2.25. The van der Waals surface area contributed by atoms with Crippen LogP contribution in [0.3, 0.4) is 0 Å². The van der Waals surface area contributed by atoms with Gasteiger partial charge in [-0.05, 0) is 48.1 Å². The summed E-state index contributed by atoms with van der Waals surface area (Å²) in [6.07, 6.45) is 4.43. The summed E-state index contributed by atoms with van der Waals surface area (Å²) >= 11 is 0. The fourth-order valence-corrected chi connectivity index (χ4v) is 3.01. The van der Waals surface area contributed by atoms with Gasteiger partial charge in [0.15, 0.2) is 0 Å². The first kappa shape index (κ1) is 22.2. The largest absolute Gasteiger partial charge is 0.352 e. The van der Waals surface area contributed by atoms with E-state index in [4.69, 9.17) is 5.21 Å². The van der Waals surface area contributed by atoms with Crippen LogP contribution in [-0.2, 0) is 11.2 Å². The molecule has 0 heterocycles. The molecule has 0 aliphatic heterocycles. The van der Waals surface area contributed by atoms with Crippen molar-refractivity contribution in [3.05, 3.63) is 59.7 Å². The van der Waals surface area contributed by atoms with Crippen LogP contribution in [-0.4, -0.2) is 23.6 Å². The third kappa shape index (κ3) is 7.44. The number of aryl methyl sites for hydroxylation is 1. The van der Waals surface area contributed by atoms with Gasteiger partial charge in [-0.3, -0.25) is 14.8 Å². The molecule has 2 aromatic carbocycles. The first-order valence-electron chi connectivity index (χ1n) is 10.0. The Labute approximate surface area is 172 Å². The number of amides is 2. The number of hydroxylamine groups is 1. The third-order valence-corrected chi connectivity index (χ3v) is 4.52. The Balaban J connectivity index is 1.95.